The molecule has 126 valence electrons. The Morgan fingerprint density at radius 1 is 1.25 bits per heavy atom. The largest absolute Gasteiger partial charge is 0.494 e. The van der Waals surface area contributed by atoms with E-state index in [9.17, 15) is 9.90 Å². The zero-order chi connectivity index (χ0) is 16.4. The molecular weight excluding hydrogens is 328 g/mol. The maximum Gasteiger partial charge on any atom is 0.337 e. The maximum absolute atomic E-state index is 11.4. The Morgan fingerprint density at radius 3 is 2.58 bits per heavy atom. The van der Waals surface area contributed by atoms with Crippen molar-refractivity contribution < 1.29 is 14.6 Å². The molecule has 0 spiro atoms. The fourth-order valence-corrected chi connectivity index (χ4v) is 2.75. The van der Waals surface area contributed by atoms with E-state index in [1.165, 1.54) is 11.6 Å². The van der Waals surface area contributed by atoms with Gasteiger partial charge in [0.05, 0.1) is 12.7 Å². The number of fused-ring (bicyclic) bond motifs is 1. The van der Waals surface area contributed by atoms with Gasteiger partial charge >= 0.3 is 5.97 Å². The van der Waals surface area contributed by atoms with Gasteiger partial charge in [-0.3, -0.25) is 0 Å². The molecule has 1 atom stereocenters. The highest BCUT2D eigenvalue weighted by molar-refractivity contribution is 6.02. The Hall–Kier alpha value is -2.53. The molecule has 1 aromatic heterocycles. The van der Waals surface area contributed by atoms with Gasteiger partial charge in [0.15, 0.2) is 0 Å². The highest BCUT2D eigenvalue weighted by Gasteiger charge is 2.17. The zero-order valence-corrected chi connectivity index (χ0v) is 14.3. The minimum absolute atomic E-state index is 0. The van der Waals surface area contributed by atoms with Crippen LogP contribution in [0.3, 0.4) is 0 Å². The Labute approximate surface area is 146 Å². The van der Waals surface area contributed by atoms with Crippen LogP contribution in [0.5, 0.6) is 5.75 Å². The number of halogens is 1. The van der Waals surface area contributed by atoms with Crippen LogP contribution in [0.25, 0.3) is 11.0 Å². The number of hydrogen-bond donors (Lipinski definition) is 2. The summed E-state index contributed by atoms with van der Waals surface area (Å²) in [6.45, 7) is 2.12. The maximum atomic E-state index is 11.4. The van der Waals surface area contributed by atoms with Crippen LogP contribution in [0, 0.1) is 0 Å². The highest BCUT2D eigenvalue weighted by Crippen LogP contribution is 2.28. The third-order valence-electron chi connectivity index (χ3n) is 3.97. The van der Waals surface area contributed by atoms with Crippen LogP contribution in [0.1, 0.15) is 34.6 Å². The number of nitrogens with zero attached hydrogens (tertiary/aromatic N) is 1. The lowest BCUT2D eigenvalue weighted by atomic mass is 9.98. The number of aromatic amines is 1. The first-order valence-corrected chi connectivity index (χ1v) is 7.44. The topological polar surface area (TPSA) is 75.2 Å². The number of carbonyl (C=O) groups is 1. The quantitative estimate of drug-likeness (QED) is 0.731. The average Bonchev–Trinajstić information content (AvgIpc) is 2.97. The lowest BCUT2D eigenvalue weighted by molar-refractivity contribution is 0.0699. The van der Waals surface area contributed by atoms with Crippen LogP contribution in [0.15, 0.2) is 42.5 Å². The zero-order valence-electron chi connectivity index (χ0n) is 13.4. The Bertz CT molecular complexity index is 846. The second kappa shape index (κ2) is 7.36. The number of aromatic carboxylic acids is 1. The van der Waals surface area contributed by atoms with Gasteiger partial charge in [-0.05, 0) is 23.6 Å². The monoisotopic (exact) mass is 346 g/mol. The SMILES string of the molecule is COc1ccc(C(=O)O)c2nc(CC(C)c3ccccc3)[nH]c12.Cl. The minimum atomic E-state index is -0.994. The third-order valence-corrected chi connectivity index (χ3v) is 3.97. The summed E-state index contributed by atoms with van der Waals surface area (Å²) in [5, 5.41) is 9.32. The summed E-state index contributed by atoms with van der Waals surface area (Å²) in [5.74, 6) is 0.627. The van der Waals surface area contributed by atoms with E-state index in [0.29, 0.717) is 23.2 Å². The number of carboxylic acid groups (broad SMARTS) is 1. The molecule has 0 amide bonds. The first-order chi connectivity index (χ1) is 11.1. The van der Waals surface area contributed by atoms with Gasteiger partial charge in [-0.15, -0.1) is 12.4 Å². The van der Waals surface area contributed by atoms with E-state index in [4.69, 9.17) is 4.74 Å². The van der Waals surface area contributed by atoms with Gasteiger partial charge in [-0.1, -0.05) is 37.3 Å². The van der Waals surface area contributed by atoms with Crippen LogP contribution in [0.4, 0.5) is 0 Å². The van der Waals surface area contributed by atoms with E-state index in [-0.39, 0.29) is 23.9 Å². The predicted octanol–water partition coefficient (Wildman–Crippen LogP) is 4.04. The van der Waals surface area contributed by atoms with Gasteiger partial charge in [0.25, 0.3) is 0 Å². The Morgan fingerprint density at radius 2 is 1.96 bits per heavy atom. The number of rotatable bonds is 5. The molecule has 5 nitrogen and oxygen atoms in total. The number of aromatic nitrogens is 2. The Balaban J connectivity index is 0.00000208. The molecule has 0 saturated carbocycles. The van der Waals surface area contributed by atoms with Crippen LogP contribution >= 0.6 is 12.4 Å². The van der Waals surface area contributed by atoms with Crippen molar-refractivity contribution in [2.75, 3.05) is 7.11 Å². The molecule has 24 heavy (non-hydrogen) atoms. The summed E-state index contributed by atoms with van der Waals surface area (Å²) < 4.78 is 5.30. The first kappa shape index (κ1) is 17.8. The Kier molecular flexibility index (Phi) is 5.46. The number of imidazole rings is 1. The van der Waals surface area contributed by atoms with E-state index in [2.05, 4.69) is 29.0 Å². The van der Waals surface area contributed by atoms with E-state index in [1.807, 2.05) is 18.2 Å². The molecule has 6 heteroatoms. The number of nitrogens with one attached hydrogen (secondary N) is 1. The van der Waals surface area contributed by atoms with Gasteiger partial charge in [0.1, 0.15) is 22.6 Å². The highest BCUT2D eigenvalue weighted by atomic mass is 35.5. The van der Waals surface area contributed by atoms with Gasteiger partial charge in [0.2, 0.25) is 0 Å². The number of carboxylic acids is 1. The molecule has 0 aliphatic carbocycles. The summed E-state index contributed by atoms with van der Waals surface area (Å²) in [6, 6.07) is 13.3. The molecular formula is C18H19ClN2O3. The molecule has 3 aromatic rings. The number of hydrogen-bond acceptors (Lipinski definition) is 3. The fraction of sp³-hybridized carbons (Fsp3) is 0.222. The predicted molar refractivity (Wildman–Crippen MR) is 95.4 cm³/mol. The van der Waals surface area contributed by atoms with Crippen LogP contribution < -0.4 is 4.74 Å². The molecule has 0 fully saturated rings. The minimum Gasteiger partial charge on any atom is -0.494 e. The lowest BCUT2D eigenvalue weighted by Gasteiger charge is -2.09. The van der Waals surface area contributed by atoms with Crippen molar-refractivity contribution in [1.82, 2.24) is 9.97 Å². The molecule has 0 aliphatic rings. The van der Waals surface area contributed by atoms with E-state index in [0.717, 1.165) is 5.82 Å². The standard InChI is InChI=1S/C18H18N2O3.ClH/c1-11(12-6-4-3-5-7-12)10-15-19-16-13(18(21)22)8-9-14(23-2)17(16)20-15;/h3-9,11H,10H2,1-2H3,(H,19,20)(H,21,22);1H. The molecule has 2 N–H and O–H groups in total. The normalized spacial score (nSPS) is 11.8. The number of methoxy groups -OCH3 is 1. The van der Waals surface area contributed by atoms with Crippen molar-refractivity contribution in [2.24, 2.45) is 0 Å². The second-order valence-electron chi connectivity index (χ2n) is 5.54. The van der Waals surface area contributed by atoms with Crippen LogP contribution in [-0.4, -0.2) is 28.2 Å². The molecule has 3 rings (SSSR count). The van der Waals surface area contributed by atoms with Crippen molar-refractivity contribution in [3.63, 3.8) is 0 Å². The third kappa shape index (κ3) is 3.36. The van der Waals surface area contributed by atoms with Gasteiger partial charge in [0, 0.05) is 6.42 Å². The van der Waals surface area contributed by atoms with Crippen molar-refractivity contribution >= 4 is 29.4 Å². The van der Waals surface area contributed by atoms with Crippen molar-refractivity contribution in [3.8, 4) is 5.75 Å². The summed E-state index contributed by atoms with van der Waals surface area (Å²) >= 11 is 0. The lowest BCUT2D eigenvalue weighted by Crippen LogP contribution is -2.00. The summed E-state index contributed by atoms with van der Waals surface area (Å²) in [7, 11) is 1.56. The number of benzene rings is 2. The van der Waals surface area contributed by atoms with Gasteiger partial charge in [-0.25, -0.2) is 9.78 Å². The number of ether oxygens (including phenoxy) is 1. The summed E-state index contributed by atoms with van der Waals surface area (Å²) in [4.78, 5) is 19.1. The molecule has 1 heterocycles. The van der Waals surface area contributed by atoms with Crippen molar-refractivity contribution in [1.29, 1.82) is 0 Å². The average molecular weight is 347 g/mol. The fourth-order valence-electron chi connectivity index (χ4n) is 2.75. The van der Waals surface area contributed by atoms with Crippen LogP contribution in [-0.2, 0) is 6.42 Å². The van der Waals surface area contributed by atoms with E-state index < -0.39 is 5.97 Å². The smallest absolute Gasteiger partial charge is 0.337 e. The summed E-state index contributed by atoms with van der Waals surface area (Å²) in [5.41, 5.74) is 2.46. The van der Waals surface area contributed by atoms with Gasteiger partial charge < -0.3 is 14.8 Å². The van der Waals surface area contributed by atoms with Crippen molar-refractivity contribution in [3.05, 3.63) is 59.4 Å². The van der Waals surface area contributed by atoms with Crippen LogP contribution in [0.2, 0.25) is 0 Å². The molecule has 1 unspecified atom stereocenters. The van der Waals surface area contributed by atoms with E-state index in [1.54, 1.807) is 13.2 Å². The first-order valence-electron chi connectivity index (χ1n) is 7.44. The molecule has 0 bridgehead atoms. The molecule has 0 aliphatic heterocycles. The number of H-pyrrole nitrogens is 1. The molecule has 0 radical (unpaired) electrons. The van der Waals surface area contributed by atoms with Crippen molar-refractivity contribution in [2.45, 2.75) is 19.3 Å². The molecule has 2 aromatic carbocycles. The molecule has 0 saturated heterocycles. The van der Waals surface area contributed by atoms with Gasteiger partial charge in [-0.2, -0.15) is 0 Å². The summed E-state index contributed by atoms with van der Waals surface area (Å²) in [6.07, 6.45) is 0.695. The second-order valence-corrected chi connectivity index (χ2v) is 5.54. The van der Waals surface area contributed by atoms with E-state index >= 15 is 0 Å².